The molecule has 1 N–H and O–H groups in total. The summed E-state index contributed by atoms with van der Waals surface area (Å²) in [5.74, 6) is 1.85. The summed E-state index contributed by atoms with van der Waals surface area (Å²) in [6.07, 6.45) is 4.82. The average Bonchev–Trinajstić information content (AvgIpc) is 3.31. The lowest BCUT2D eigenvalue weighted by atomic mass is 10.1. The summed E-state index contributed by atoms with van der Waals surface area (Å²) < 4.78 is 11.3. The highest BCUT2D eigenvalue weighted by molar-refractivity contribution is 5.81. The number of nitrogens with zero attached hydrogens (tertiary/aromatic N) is 2. The van der Waals surface area contributed by atoms with Crippen LogP contribution in [0.2, 0.25) is 0 Å². The van der Waals surface area contributed by atoms with Crippen LogP contribution in [-0.4, -0.2) is 31.8 Å². The van der Waals surface area contributed by atoms with Crippen molar-refractivity contribution in [3.8, 4) is 5.75 Å². The first-order chi connectivity index (χ1) is 12.6. The predicted octanol–water partition coefficient (Wildman–Crippen LogP) is 3.28. The minimum absolute atomic E-state index is 0.0822. The van der Waals surface area contributed by atoms with Gasteiger partial charge in [-0.3, -0.25) is 4.79 Å². The van der Waals surface area contributed by atoms with E-state index in [1.54, 1.807) is 0 Å². The first-order valence-corrected chi connectivity index (χ1v) is 9.04. The van der Waals surface area contributed by atoms with Crippen molar-refractivity contribution in [2.45, 2.75) is 33.1 Å². The molecule has 0 spiro atoms. The van der Waals surface area contributed by atoms with E-state index in [1.807, 2.05) is 31.2 Å². The Morgan fingerprint density at radius 2 is 2.12 bits per heavy atom. The Morgan fingerprint density at radius 3 is 2.88 bits per heavy atom. The van der Waals surface area contributed by atoms with Gasteiger partial charge in [-0.05, 0) is 55.5 Å². The van der Waals surface area contributed by atoms with Crippen LogP contribution >= 0.6 is 0 Å². The van der Waals surface area contributed by atoms with Gasteiger partial charge in [-0.15, -0.1) is 0 Å². The Morgan fingerprint density at radius 1 is 1.31 bits per heavy atom. The number of ether oxygens (including phenoxy) is 1. The van der Waals surface area contributed by atoms with Gasteiger partial charge >= 0.3 is 0 Å². The number of benzene rings is 1. The third kappa shape index (κ3) is 4.88. The molecule has 2 aromatic rings. The normalized spacial score (nSPS) is 14.2. The number of aryl methyl sites for hydroxylation is 2. The van der Waals surface area contributed by atoms with Gasteiger partial charge in [0.2, 0.25) is 0 Å². The van der Waals surface area contributed by atoms with Gasteiger partial charge in [-0.2, -0.15) is 5.10 Å². The molecule has 6 nitrogen and oxygen atoms in total. The number of anilines is 1. The summed E-state index contributed by atoms with van der Waals surface area (Å²) in [6.45, 7) is 6.06. The number of rotatable bonds is 7. The zero-order chi connectivity index (χ0) is 18.4. The van der Waals surface area contributed by atoms with Crippen molar-refractivity contribution in [1.29, 1.82) is 0 Å². The van der Waals surface area contributed by atoms with Crippen LogP contribution in [0, 0.1) is 6.92 Å². The molecule has 1 aromatic heterocycles. The van der Waals surface area contributed by atoms with Crippen LogP contribution in [0.3, 0.4) is 0 Å². The van der Waals surface area contributed by atoms with Gasteiger partial charge in [0.1, 0.15) is 11.5 Å². The number of hydrogen-bond acceptors (Lipinski definition) is 5. The van der Waals surface area contributed by atoms with Crippen LogP contribution in [0.4, 0.5) is 5.88 Å². The van der Waals surface area contributed by atoms with E-state index >= 15 is 0 Å². The zero-order valence-electron chi connectivity index (χ0n) is 15.3. The molecule has 1 aromatic carbocycles. The molecule has 2 heterocycles. The maximum Gasteiger partial charge on any atom is 0.277 e. The number of amides is 1. The molecule has 0 aliphatic carbocycles. The van der Waals surface area contributed by atoms with Crippen molar-refractivity contribution in [3.05, 3.63) is 47.2 Å². The number of carbonyl (C=O) groups is 1. The van der Waals surface area contributed by atoms with Crippen LogP contribution in [0.25, 0.3) is 0 Å². The second kappa shape index (κ2) is 8.56. The SMILES string of the molecule is CCc1cc(C)cc(OCC(=O)N/N=C/c2ccc(N3CCCC3)o2)c1. The second-order valence-corrected chi connectivity index (χ2v) is 6.46. The van der Waals surface area contributed by atoms with Crippen LogP contribution in [0.15, 0.2) is 39.9 Å². The van der Waals surface area contributed by atoms with E-state index in [2.05, 4.69) is 28.4 Å². The highest BCUT2D eigenvalue weighted by atomic mass is 16.5. The second-order valence-electron chi connectivity index (χ2n) is 6.46. The molecule has 0 saturated carbocycles. The van der Waals surface area contributed by atoms with E-state index in [4.69, 9.17) is 9.15 Å². The van der Waals surface area contributed by atoms with Crippen molar-refractivity contribution in [1.82, 2.24) is 5.43 Å². The maximum atomic E-state index is 11.9. The quantitative estimate of drug-likeness (QED) is 0.611. The molecular weight excluding hydrogens is 330 g/mol. The van der Waals surface area contributed by atoms with Crippen molar-refractivity contribution in [2.24, 2.45) is 5.10 Å². The van der Waals surface area contributed by atoms with Gasteiger partial charge in [-0.1, -0.05) is 13.0 Å². The van der Waals surface area contributed by atoms with Gasteiger partial charge < -0.3 is 14.1 Å². The fourth-order valence-corrected chi connectivity index (χ4v) is 2.98. The lowest BCUT2D eigenvalue weighted by Gasteiger charge is -2.12. The summed E-state index contributed by atoms with van der Waals surface area (Å²) >= 11 is 0. The van der Waals surface area contributed by atoms with E-state index in [0.717, 1.165) is 31.0 Å². The van der Waals surface area contributed by atoms with Gasteiger partial charge in [0.05, 0.1) is 6.21 Å². The Balaban J connectivity index is 1.46. The van der Waals surface area contributed by atoms with Crippen molar-refractivity contribution >= 4 is 18.0 Å². The summed E-state index contributed by atoms with van der Waals surface area (Å²) in [4.78, 5) is 14.1. The average molecular weight is 355 g/mol. The summed E-state index contributed by atoms with van der Waals surface area (Å²) in [7, 11) is 0. The maximum absolute atomic E-state index is 11.9. The van der Waals surface area contributed by atoms with Gasteiger partial charge in [0.25, 0.3) is 5.91 Å². The molecule has 0 bridgehead atoms. The molecule has 1 aliphatic heterocycles. The fraction of sp³-hybridized carbons (Fsp3) is 0.400. The van der Waals surface area contributed by atoms with Crippen LogP contribution in [0.1, 0.15) is 36.7 Å². The van der Waals surface area contributed by atoms with E-state index in [9.17, 15) is 4.79 Å². The molecule has 1 saturated heterocycles. The van der Waals surface area contributed by atoms with Gasteiger partial charge in [0.15, 0.2) is 12.5 Å². The van der Waals surface area contributed by atoms with Gasteiger partial charge in [0, 0.05) is 19.2 Å². The molecule has 0 radical (unpaired) electrons. The van der Waals surface area contributed by atoms with Crippen LogP contribution in [-0.2, 0) is 11.2 Å². The number of hydrazone groups is 1. The molecule has 0 atom stereocenters. The zero-order valence-corrected chi connectivity index (χ0v) is 15.3. The Bertz CT molecular complexity index is 776. The number of carbonyl (C=O) groups excluding carboxylic acids is 1. The highest BCUT2D eigenvalue weighted by Gasteiger charge is 2.15. The van der Waals surface area contributed by atoms with Crippen molar-refractivity contribution in [3.63, 3.8) is 0 Å². The van der Waals surface area contributed by atoms with Crippen LogP contribution in [0.5, 0.6) is 5.75 Å². The smallest absolute Gasteiger partial charge is 0.277 e. The minimum Gasteiger partial charge on any atom is -0.484 e. The largest absolute Gasteiger partial charge is 0.484 e. The van der Waals surface area contributed by atoms with Crippen LogP contribution < -0.4 is 15.1 Å². The predicted molar refractivity (Wildman–Crippen MR) is 102 cm³/mol. The number of hydrogen-bond donors (Lipinski definition) is 1. The van der Waals surface area contributed by atoms with Gasteiger partial charge in [-0.25, -0.2) is 5.43 Å². The minimum atomic E-state index is -0.313. The number of furan rings is 1. The third-order valence-corrected chi connectivity index (χ3v) is 4.30. The van der Waals surface area contributed by atoms with Crippen molar-refractivity contribution < 1.29 is 13.9 Å². The molecular formula is C20H25N3O3. The van der Waals surface area contributed by atoms with Crippen molar-refractivity contribution in [2.75, 3.05) is 24.6 Å². The summed E-state index contributed by atoms with van der Waals surface area (Å²) in [5, 5.41) is 3.93. The highest BCUT2D eigenvalue weighted by Crippen LogP contribution is 2.22. The first-order valence-electron chi connectivity index (χ1n) is 9.04. The monoisotopic (exact) mass is 355 g/mol. The number of nitrogens with one attached hydrogen (secondary N) is 1. The fourth-order valence-electron chi connectivity index (χ4n) is 2.98. The molecule has 6 heteroatoms. The Labute approximate surface area is 153 Å². The van der Waals surface area contributed by atoms with E-state index in [1.165, 1.54) is 24.6 Å². The lowest BCUT2D eigenvalue weighted by Crippen LogP contribution is -2.24. The third-order valence-electron chi connectivity index (χ3n) is 4.30. The Hall–Kier alpha value is -2.76. The standard InChI is InChI=1S/C20H25N3O3/c1-3-16-10-15(2)11-18(12-16)25-14-19(24)22-21-13-17-6-7-20(26-17)23-8-4-5-9-23/h6-7,10-13H,3-5,8-9,14H2,1-2H3,(H,22,24)/b21-13+. The lowest BCUT2D eigenvalue weighted by molar-refractivity contribution is -0.123. The van der Waals surface area contributed by atoms with E-state index in [0.29, 0.717) is 11.5 Å². The molecule has 138 valence electrons. The molecule has 3 rings (SSSR count). The first kappa shape index (κ1) is 18.0. The Kier molecular flexibility index (Phi) is 5.94. The topological polar surface area (TPSA) is 67.1 Å². The molecule has 1 fully saturated rings. The molecule has 0 unspecified atom stereocenters. The molecule has 26 heavy (non-hydrogen) atoms. The molecule has 1 amide bonds. The molecule has 1 aliphatic rings. The summed E-state index contributed by atoms with van der Waals surface area (Å²) in [5.41, 5.74) is 4.76. The van der Waals surface area contributed by atoms with E-state index < -0.39 is 0 Å². The summed E-state index contributed by atoms with van der Waals surface area (Å²) in [6, 6.07) is 9.75. The van der Waals surface area contributed by atoms with E-state index in [-0.39, 0.29) is 12.5 Å².